The van der Waals surface area contributed by atoms with E-state index in [0.717, 1.165) is 46.0 Å². The van der Waals surface area contributed by atoms with Gasteiger partial charge >= 0.3 is 0 Å². The Hall–Kier alpha value is -5.51. The maximum atomic E-state index is 14.0. The number of amides is 1. The second-order valence-corrected chi connectivity index (χ2v) is 11.9. The molecule has 9 nitrogen and oxygen atoms in total. The first kappa shape index (κ1) is 31.5. The number of halogens is 1. The predicted molar refractivity (Wildman–Crippen MR) is 170 cm³/mol. The van der Waals surface area contributed by atoms with Gasteiger partial charge in [0.1, 0.15) is 58.1 Å². The fourth-order valence-electron chi connectivity index (χ4n) is 6.50. The third kappa shape index (κ3) is 5.00. The monoisotopic (exact) mass is 637 g/mol. The molecule has 2 atom stereocenters. The van der Waals surface area contributed by atoms with Crippen LogP contribution >= 0.6 is 0 Å². The van der Waals surface area contributed by atoms with Gasteiger partial charge < -0.3 is 24.6 Å². The van der Waals surface area contributed by atoms with Gasteiger partial charge in [-0.15, -0.1) is 0 Å². The summed E-state index contributed by atoms with van der Waals surface area (Å²) in [4.78, 5) is 52.5. The molecule has 2 N–H and O–H groups in total. The van der Waals surface area contributed by atoms with E-state index in [1.54, 1.807) is 12.1 Å². The van der Waals surface area contributed by atoms with Crippen molar-refractivity contribution in [3.8, 4) is 23.0 Å². The third-order valence-electron chi connectivity index (χ3n) is 9.17. The maximum absolute atomic E-state index is 14.0. The number of hydrogen-bond acceptors (Lipinski definition) is 8. The van der Waals surface area contributed by atoms with Gasteiger partial charge in [0, 0.05) is 24.1 Å². The van der Waals surface area contributed by atoms with E-state index in [-0.39, 0.29) is 53.1 Å². The van der Waals surface area contributed by atoms with E-state index < -0.39 is 34.6 Å². The Labute approximate surface area is 269 Å². The normalized spacial score (nSPS) is 18.3. The molecule has 0 bridgehead atoms. The van der Waals surface area contributed by atoms with Crippen LogP contribution in [0.1, 0.15) is 52.0 Å². The van der Waals surface area contributed by atoms with Gasteiger partial charge in [-0.2, -0.15) is 0 Å². The molecule has 0 aromatic heterocycles. The molecule has 1 heterocycles. The van der Waals surface area contributed by atoms with Crippen molar-refractivity contribution in [1.29, 1.82) is 0 Å². The van der Waals surface area contributed by atoms with Crippen LogP contribution < -0.4 is 19.5 Å². The molecule has 0 radical (unpaired) electrons. The molecule has 4 aromatic rings. The van der Waals surface area contributed by atoms with Crippen molar-refractivity contribution in [3.63, 3.8) is 0 Å². The number of nitrogens with one attached hydrogen (secondary N) is 1. The summed E-state index contributed by atoms with van der Waals surface area (Å²) in [6.07, 6.45) is 1.08. The number of phenolic OH excluding ortho intramolecular Hbond substituents is 1. The van der Waals surface area contributed by atoms with Crippen molar-refractivity contribution in [2.45, 2.75) is 46.3 Å². The van der Waals surface area contributed by atoms with Gasteiger partial charge in [0.25, 0.3) is 5.91 Å². The zero-order valence-corrected chi connectivity index (χ0v) is 26.4. The lowest BCUT2D eigenvalue weighted by atomic mass is 9.67. The summed E-state index contributed by atoms with van der Waals surface area (Å²) in [5.74, 6) is -4.47. The minimum Gasteiger partial charge on any atom is -0.507 e. The number of hydrogen-bond donors (Lipinski definition) is 2. The minimum atomic E-state index is -1.67. The summed E-state index contributed by atoms with van der Waals surface area (Å²) in [5.41, 5.74) is 1.65. The average molecular weight is 638 g/mol. The second kappa shape index (κ2) is 11.7. The fraction of sp³-hybridized carbons (Fsp3) is 0.243. The maximum Gasteiger partial charge on any atom is 0.259 e. The summed E-state index contributed by atoms with van der Waals surface area (Å²) in [5, 5.41) is 15.7. The van der Waals surface area contributed by atoms with Gasteiger partial charge in [0.2, 0.25) is 0 Å². The van der Waals surface area contributed by atoms with Crippen molar-refractivity contribution < 1.29 is 42.9 Å². The Balaban J connectivity index is 1.36. The van der Waals surface area contributed by atoms with Crippen LogP contribution in [0, 0.1) is 25.6 Å². The van der Waals surface area contributed by atoms with E-state index in [1.807, 2.05) is 38.1 Å². The lowest BCUT2D eigenvalue weighted by Crippen LogP contribution is -2.47. The number of carbonyl (C=O) groups is 4. The Morgan fingerprint density at radius 2 is 1.72 bits per heavy atom. The highest BCUT2D eigenvalue weighted by atomic mass is 19.1. The Morgan fingerprint density at radius 1 is 1.04 bits per heavy atom. The molecule has 4 aromatic carbocycles. The van der Waals surface area contributed by atoms with E-state index in [1.165, 1.54) is 32.2 Å². The molecule has 2 aliphatic rings. The highest BCUT2D eigenvalue weighted by Gasteiger charge is 2.58. The van der Waals surface area contributed by atoms with Crippen LogP contribution in [0.25, 0.3) is 10.8 Å². The summed E-state index contributed by atoms with van der Waals surface area (Å²) in [6, 6.07) is 15.0. The number of aromatic hydroxyl groups is 1. The molecular formula is C37H32FNO8. The largest absolute Gasteiger partial charge is 0.507 e. The van der Waals surface area contributed by atoms with Crippen LogP contribution in [0.4, 0.5) is 4.39 Å². The first-order valence-corrected chi connectivity index (χ1v) is 15.0. The highest BCUT2D eigenvalue weighted by molar-refractivity contribution is 6.27. The number of Topliss-reactive ketones (excluding diaryl/α,β-unsaturated/α-hetero) is 2. The van der Waals surface area contributed by atoms with Crippen LogP contribution in [0.2, 0.25) is 0 Å². The van der Waals surface area contributed by atoms with Crippen molar-refractivity contribution in [2.75, 3.05) is 7.11 Å². The van der Waals surface area contributed by atoms with Gasteiger partial charge in [-0.05, 0) is 67.5 Å². The number of phenols is 1. The van der Waals surface area contributed by atoms with Crippen LogP contribution in [-0.4, -0.2) is 35.5 Å². The Kier molecular flexibility index (Phi) is 7.83. The smallest absolute Gasteiger partial charge is 0.259 e. The average Bonchev–Trinajstić information content (AvgIpc) is 3.34. The molecule has 0 saturated heterocycles. The lowest BCUT2D eigenvalue weighted by molar-refractivity contribution is -0.140. The first-order valence-electron chi connectivity index (χ1n) is 15.0. The van der Waals surface area contributed by atoms with Gasteiger partial charge in [0.15, 0.2) is 17.3 Å². The zero-order chi connectivity index (χ0) is 33.8. The molecule has 6 rings (SSSR count). The summed E-state index contributed by atoms with van der Waals surface area (Å²) in [7, 11) is 1.33. The first-order chi connectivity index (χ1) is 22.4. The van der Waals surface area contributed by atoms with E-state index in [0.29, 0.717) is 5.75 Å². The summed E-state index contributed by atoms with van der Waals surface area (Å²) < 4.78 is 31.1. The summed E-state index contributed by atoms with van der Waals surface area (Å²) in [6.45, 7) is 6.81. The van der Waals surface area contributed by atoms with Crippen LogP contribution in [0.15, 0.2) is 66.4 Å². The van der Waals surface area contributed by atoms with E-state index in [2.05, 4.69) is 5.32 Å². The van der Waals surface area contributed by atoms with E-state index in [9.17, 15) is 28.7 Å². The molecule has 1 aliphatic heterocycles. The van der Waals surface area contributed by atoms with Gasteiger partial charge in [-0.25, -0.2) is 4.39 Å². The molecule has 1 aliphatic carbocycles. The van der Waals surface area contributed by atoms with Gasteiger partial charge in [0.05, 0.1) is 12.7 Å². The number of methoxy groups -OCH3 is 1. The minimum absolute atomic E-state index is 0.00853. The number of benzene rings is 4. The quantitative estimate of drug-likeness (QED) is 0.235. The molecule has 0 saturated carbocycles. The fourth-order valence-corrected chi connectivity index (χ4v) is 6.50. The number of allylic oxidation sites excluding steroid dienone is 2. The van der Waals surface area contributed by atoms with Crippen molar-refractivity contribution in [1.82, 2.24) is 5.32 Å². The van der Waals surface area contributed by atoms with Gasteiger partial charge in [-0.3, -0.25) is 19.2 Å². The van der Waals surface area contributed by atoms with Gasteiger partial charge in [-0.1, -0.05) is 36.4 Å². The molecule has 240 valence electrons. The number of fused-ring (bicyclic) bond motifs is 4. The molecule has 0 spiro atoms. The lowest BCUT2D eigenvalue weighted by Gasteiger charge is -2.30. The predicted octanol–water partition coefficient (Wildman–Crippen LogP) is 5.71. The van der Waals surface area contributed by atoms with Crippen LogP contribution in [0.3, 0.4) is 0 Å². The Bertz CT molecular complexity index is 2050. The number of carbonyl (C=O) groups excluding carboxylic acids is 4. The molecule has 1 amide bonds. The van der Waals surface area contributed by atoms with Crippen molar-refractivity contribution in [2.24, 2.45) is 5.92 Å². The Morgan fingerprint density at radius 3 is 2.38 bits per heavy atom. The standard InChI is InChI=1S/C37H32FNO8/c1-18-19(2)33(46-17-21-10-12-22(38)13-11-21)24-9-7-6-8-23(24)25(18)16-39-36(44)31-28(45-5)14-27(42)32-34(31)47-29-15-26(41)30(20(3)40)35(43)37(29,32)4/h6-15,30,42H,16-17H2,1-5H3,(H,39,44)/t30?,37-/m1/s1. The van der Waals surface area contributed by atoms with Crippen LogP contribution in [-0.2, 0) is 33.0 Å². The van der Waals surface area contributed by atoms with Crippen LogP contribution in [0.5, 0.6) is 23.0 Å². The molecular weight excluding hydrogens is 605 g/mol. The topological polar surface area (TPSA) is 128 Å². The SMILES string of the molecule is COc1cc(O)c2c(c1C(=O)NCc1c(C)c(C)c(OCc3ccc(F)cc3)c3ccccc13)OC1=CC(=O)C(C(C)=O)C(=O)[C@]12C. The molecule has 47 heavy (non-hydrogen) atoms. The number of ether oxygens (including phenoxy) is 3. The van der Waals surface area contributed by atoms with E-state index in [4.69, 9.17) is 14.2 Å². The number of rotatable bonds is 8. The zero-order valence-electron chi connectivity index (χ0n) is 26.4. The van der Waals surface area contributed by atoms with Crippen molar-refractivity contribution in [3.05, 3.63) is 106 Å². The van der Waals surface area contributed by atoms with Crippen molar-refractivity contribution >= 4 is 34.0 Å². The summed E-state index contributed by atoms with van der Waals surface area (Å²) >= 11 is 0. The third-order valence-corrected chi connectivity index (χ3v) is 9.17. The number of ketones is 3. The molecule has 1 unspecified atom stereocenters. The highest BCUT2D eigenvalue weighted by Crippen LogP contribution is 2.56. The van der Waals surface area contributed by atoms with E-state index >= 15 is 0 Å². The molecule has 0 fully saturated rings. The second-order valence-electron chi connectivity index (χ2n) is 11.9. The molecule has 10 heteroatoms.